The normalized spacial score (nSPS) is 28.5. The standard InChI is InChI=1S/C15H19NO4/c1-16-12-5-6-20-8-11(12)14(15(17)18)10-4-3-9(19-2)7-13(10)16/h3-4,7,11-12,14H,5-6,8H2,1-2H3,(H,17,18). The monoisotopic (exact) mass is 277 g/mol. The van der Waals surface area contributed by atoms with Gasteiger partial charge in [0, 0.05) is 37.4 Å². The van der Waals surface area contributed by atoms with Crippen molar-refractivity contribution >= 4 is 11.7 Å². The maximum atomic E-state index is 11.7. The van der Waals surface area contributed by atoms with Gasteiger partial charge in [-0.25, -0.2) is 0 Å². The molecule has 0 spiro atoms. The van der Waals surface area contributed by atoms with Gasteiger partial charge in [-0.05, 0) is 18.1 Å². The fourth-order valence-corrected chi connectivity index (χ4v) is 3.49. The van der Waals surface area contributed by atoms with Crippen molar-refractivity contribution in [2.45, 2.75) is 18.4 Å². The van der Waals surface area contributed by atoms with E-state index in [1.54, 1.807) is 7.11 Å². The van der Waals surface area contributed by atoms with Crippen LogP contribution in [0.1, 0.15) is 17.9 Å². The fourth-order valence-electron chi connectivity index (χ4n) is 3.49. The van der Waals surface area contributed by atoms with Gasteiger partial charge < -0.3 is 19.5 Å². The van der Waals surface area contributed by atoms with Crippen LogP contribution in [0.3, 0.4) is 0 Å². The molecular weight excluding hydrogens is 258 g/mol. The number of anilines is 1. The molecule has 20 heavy (non-hydrogen) atoms. The Labute approximate surface area is 118 Å². The SMILES string of the molecule is COc1ccc2c(c1)N(C)C1CCOCC1C2C(=O)O. The first-order valence-electron chi connectivity index (χ1n) is 6.85. The maximum absolute atomic E-state index is 11.7. The molecule has 1 saturated heterocycles. The quantitative estimate of drug-likeness (QED) is 0.892. The highest BCUT2D eigenvalue weighted by atomic mass is 16.5. The van der Waals surface area contributed by atoms with Gasteiger partial charge in [-0.3, -0.25) is 4.79 Å². The third-order valence-corrected chi connectivity index (χ3v) is 4.51. The number of hydrogen-bond acceptors (Lipinski definition) is 4. The van der Waals surface area contributed by atoms with Gasteiger partial charge in [-0.2, -0.15) is 0 Å². The molecule has 1 aromatic carbocycles. The van der Waals surface area contributed by atoms with Crippen LogP contribution in [0.25, 0.3) is 0 Å². The Balaban J connectivity index is 2.11. The summed E-state index contributed by atoms with van der Waals surface area (Å²) in [5, 5.41) is 9.63. The number of benzene rings is 1. The number of nitrogens with zero attached hydrogens (tertiary/aromatic N) is 1. The fraction of sp³-hybridized carbons (Fsp3) is 0.533. The van der Waals surface area contributed by atoms with E-state index in [0.29, 0.717) is 13.2 Å². The molecule has 5 heteroatoms. The molecule has 1 aromatic rings. The molecule has 0 saturated carbocycles. The first kappa shape index (κ1) is 13.2. The van der Waals surface area contributed by atoms with E-state index < -0.39 is 11.9 Å². The summed E-state index contributed by atoms with van der Waals surface area (Å²) in [5.74, 6) is -0.514. The van der Waals surface area contributed by atoms with Crippen molar-refractivity contribution in [3.8, 4) is 5.75 Å². The van der Waals surface area contributed by atoms with Crippen LogP contribution in [-0.2, 0) is 9.53 Å². The molecule has 1 N–H and O–H groups in total. The molecule has 0 amide bonds. The number of hydrogen-bond donors (Lipinski definition) is 1. The predicted octanol–water partition coefficient (Wildman–Crippen LogP) is 1.72. The van der Waals surface area contributed by atoms with Crippen LogP contribution in [0.5, 0.6) is 5.75 Å². The van der Waals surface area contributed by atoms with Crippen molar-refractivity contribution in [1.82, 2.24) is 0 Å². The zero-order valence-corrected chi connectivity index (χ0v) is 11.7. The highest BCUT2D eigenvalue weighted by molar-refractivity contribution is 5.81. The van der Waals surface area contributed by atoms with Crippen LogP contribution in [0, 0.1) is 5.92 Å². The van der Waals surface area contributed by atoms with Crippen molar-refractivity contribution in [3.05, 3.63) is 23.8 Å². The van der Waals surface area contributed by atoms with Gasteiger partial charge in [0.1, 0.15) is 5.75 Å². The number of carbonyl (C=O) groups is 1. The van der Waals surface area contributed by atoms with Crippen LogP contribution in [-0.4, -0.2) is 44.5 Å². The Morgan fingerprint density at radius 3 is 3.00 bits per heavy atom. The zero-order valence-electron chi connectivity index (χ0n) is 11.7. The molecule has 0 bridgehead atoms. The van der Waals surface area contributed by atoms with Crippen LogP contribution in [0.15, 0.2) is 18.2 Å². The number of ether oxygens (including phenoxy) is 2. The van der Waals surface area contributed by atoms with E-state index in [-0.39, 0.29) is 12.0 Å². The Morgan fingerprint density at radius 1 is 1.50 bits per heavy atom. The van der Waals surface area contributed by atoms with Crippen molar-refractivity contribution < 1.29 is 19.4 Å². The molecular formula is C15H19NO4. The largest absolute Gasteiger partial charge is 0.497 e. The highest BCUT2D eigenvalue weighted by Crippen LogP contribution is 2.45. The first-order valence-corrected chi connectivity index (χ1v) is 6.85. The van der Waals surface area contributed by atoms with E-state index in [1.165, 1.54) is 0 Å². The van der Waals surface area contributed by atoms with Gasteiger partial charge in [0.05, 0.1) is 19.6 Å². The predicted molar refractivity (Wildman–Crippen MR) is 74.5 cm³/mol. The van der Waals surface area contributed by atoms with Crippen molar-refractivity contribution in [1.29, 1.82) is 0 Å². The summed E-state index contributed by atoms with van der Waals surface area (Å²) in [4.78, 5) is 13.9. The molecule has 2 heterocycles. The van der Waals surface area contributed by atoms with Crippen LogP contribution in [0.2, 0.25) is 0 Å². The Morgan fingerprint density at radius 2 is 2.30 bits per heavy atom. The second kappa shape index (κ2) is 4.98. The van der Waals surface area contributed by atoms with E-state index >= 15 is 0 Å². The lowest BCUT2D eigenvalue weighted by Crippen LogP contribution is -2.51. The van der Waals surface area contributed by atoms with Gasteiger partial charge in [0.2, 0.25) is 0 Å². The lowest BCUT2D eigenvalue weighted by molar-refractivity contribution is -0.142. The molecule has 3 rings (SSSR count). The lowest BCUT2D eigenvalue weighted by atomic mass is 9.75. The van der Waals surface area contributed by atoms with E-state index in [9.17, 15) is 9.90 Å². The molecule has 3 atom stereocenters. The minimum atomic E-state index is -0.773. The minimum Gasteiger partial charge on any atom is -0.497 e. The summed E-state index contributed by atoms with van der Waals surface area (Å²) in [5.41, 5.74) is 1.81. The van der Waals surface area contributed by atoms with Crippen molar-refractivity contribution in [2.24, 2.45) is 5.92 Å². The minimum absolute atomic E-state index is 0.00662. The number of methoxy groups -OCH3 is 1. The van der Waals surface area contributed by atoms with E-state index in [2.05, 4.69) is 4.90 Å². The summed E-state index contributed by atoms with van der Waals surface area (Å²) in [7, 11) is 3.65. The van der Waals surface area contributed by atoms with Gasteiger partial charge >= 0.3 is 5.97 Å². The summed E-state index contributed by atoms with van der Waals surface area (Å²) in [6, 6.07) is 5.84. The van der Waals surface area contributed by atoms with E-state index in [0.717, 1.165) is 23.4 Å². The average molecular weight is 277 g/mol. The molecule has 1 fully saturated rings. The number of rotatable bonds is 2. The number of fused-ring (bicyclic) bond motifs is 2. The topological polar surface area (TPSA) is 59.0 Å². The Bertz CT molecular complexity index is 531. The Kier molecular flexibility index (Phi) is 3.30. The van der Waals surface area contributed by atoms with Gasteiger partial charge in [0.25, 0.3) is 0 Å². The van der Waals surface area contributed by atoms with Gasteiger partial charge in [-0.15, -0.1) is 0 Å². The van der Waals surface area contributed by atoms with Crippen molar-refractivity contribution in [3.63, 3.8) is 0 Å². The van der Waals surface area contributed by atoms with E-state index in [1.807, 2.05) is 25.2 Å². The third-order valence-electron chi connectivity index (χ3n) is 4.51. The molecule has 0 aliphatic carbocycles. The number of aliphatic carboxylic acids is 1. The molecule has 2 aliphatic heterocycles. The van der Waals surface area contributed by atoms with Crippen molar-refractivity contribution in [2.75, 3.05) is 32.3 Å². The molecule has 3 unspecified atom stereocenters. The molecule has 2 aliphatic rings. The Hall–Kier alpha value is -1.75. The van der Waals surface area contributed by atoms with Gasteiger partial charge in [0.15, 0.2) is 0 Å². The average Bonchev–Trinajstić information content (AvgIpc) is 2.47. The summed E-state index contributed by atoms with van der Waals surface area (Å²) in [6.07, 6.45) is 0.863. The van der Waals surface area contributed by atoms with E-state index in [4.69, 9.17) is 9.47 Å². The number of carboxylic acids is 1. The van der Waals surface area contributed by atoms with Crippen LogP contribution < -0.4 is 9.64 Å². The summed E-state index contributed by atoms with van der Waals surface area (Å²) >= 11 is 0. The molecule has 0 aromatic heterocycles. The zero-order chi connectivity index (χ0) is 14.3. The second-order valence-electron chi connectivity index (χ2n) is 5.45. The highest BCUT2D eigenvalue weighted by Gasteiger charge is 2.44. The van der Waals surface area contributed by atoms with Crippen LogP contribution in [0.4, 0.5) is 5.69 Å². The second-order valence-corrected chi connectivity index (χ2v) is 5.45. The molecule has 0 radical (unpaired) electrons. The third kappa shape index (κ3) is 1.93. The summed E-state index contributed by atoms with van der Waals surface area (Å²) < 4.78 is 10.8. The smallest absolute Gasteiger partial charge is 0.311 e. The molecule has 108 valence electrons. The van der Waals surface area contributed by atoms with Gasteiger partial charge in [-0.1, -0.05) is 6.07 Å². The lowest BCUT2D eigenvalue weighted by Gasteiger charge is -2.46. The summed E-state index contributed by atoms with van der Waals surface area (Å²) in [6.45, 7) is 1.20. The number of carboxylic acid groups (broad SMARTS) is 1. The van der Waals surface area contributed by atoms with Crippen LogP contribution >= 0.6 is 0 Å². The molecule has 5 nitrogen and oxygen atoms in total. The maximum Gasteiger partial charge on any atom is 0.311 e. The first-order chi connectivity index (χ1) is 9.63.